The van der Waals surface area contributed by atoms with Crippen LogP contribution in [0.4, 0.5) is 0 Å². The summed E-state index contributed by atoms with van der Waals surface area (Å²) in [6.45, 7) is 12.3. The van der Waals surface area contributed by atoms with Gasteiger partial charge in [-0.2, -0.15) is 0 Å². The molecule has 2 rings (SSSR count). The number of piperidine rings is 1. The number of hydrogen-bond donors (Lipinski definition) is 1. The van der Waals surface area contributed by atoms with E-state index in [1.165, 1.54) is 45.2 Å². The Morgan fingerprint density at radius 1 is 1.11 bits per heavy atom. The zero-order valence-electron chi connectivity index (χ0n) is 12.8. The van der Waals surface area contributed by atoms with E-state index in [0.717, 1.165) is 12.0 Å². The summed E-state index contributed by atoms with van der Waals surface area (Å²) in [4.78, 5) is 2.74. The van der Waals surface area contributed by atoms with Crippen LogP contribution in [0.3, 0.4) is 0 Å². The number of rotatable bonds is 2. The topological polar surface area (TPSA) is 29.3 Å². The quantitative estimate of drug-likeness (QED) is 0.817. The molecule has 1 heterocycles. The maximum atomic E-state index is 6.26. The van der Waals surface area contributed by atoms with Crippen molar-refractivity contribution in [1.82, 2.24) is 4.90 Å². The van der Waals surface area contributed by atoms with E-state index in [0.29, 0.717) is 17.4 Å². The van der Waals surface area contributed by atoms with Crippen molar-refractivity contribution in [1.29, 1.82) is 0 Å². The number of likely N-dealkylation sites (tertiary alicyclic amines) is 1. The fourth-order valence-corrected chi connectivity index (χ4v) is 3.98. The van der Waals surface area contributed by atoms with Gasteiger partial charge in [0.25, 0.3) is 0 Å². The van der Waals surface area contributed by atoms with Crippen molar-refractivity contribution in [2.24, 2.45) is 23.0 Å². The molecule has 106 valence electrons. The van der Waals surface area contributed by atoms with Gasteiger partial charge >= 0.3 is 0 Å². The monoisotopic (exact) mass is 252 g/mol. The van der Waals surface area contributed by atoms with Crippen LogP contribution >= 0.6 is 0 Å². The van der Waals surface area contributed by atoms with E-state index in [2.05, 4.69) is 32.6 Å². The Labute approximate surface area is 113 Å². The molecule has 2 fully saturated rings. The second-order valence-electron chi connectivity index (χ2n) is 7.39. The van der Waals surface area contributed by atoms with Crippen molar-refractivity contribution in [2.45, 2.75) is 71.9 Å². The van der Waals surface area contributed by atoms with Gasteiger partial charge in [0.1, 0.15) is 0 Å². The van der Waals surface area contributed by atoms with E-state index in [4.69, 9.17) is 5.73 Å². The van der Waals surface area contributed by atoms with Gasteiger partial charge in [0, 0.05) is 18.6 Å². The molecule has 0 aromatic carbocycles. The molecular weight excluding hydrogens is 220 g/mol. The van der Waals surface area contributed by atoms with Crippen LogP contribution in [0.1, 0.15) is 59.8 Å². The second kappa shape index (κ2) is 5.50. The molecule has 4 unspecified atom stereocenters. The maximum absolute atomic E-state index is 6.26. The van der Waals surface area contributed by atoms with Crippen LogP contribution in [-0.2, 0) is 0 Å². The predicted octanol–water partition coefficient (Wildman–Crippen LogP) is 3.26. The van der Waals surface area contributed by atoms with Crippen molar-refractivity contribution in [2.75, 3.05) is 13.1 Å². The van der Waals surface area contributed by atoms with Crippen LogP contribution in [0.25, 0.3) is 0 Å². The normalized spacial score (nSPS) is 41.8. The molecule has 2 N–H and O–H groups in total. The van der Waals surface area contributed by atoms with Gasteiger partial charge in [-0.3, -0.25) is 0 Å². The first kappa shape index (κ1) is 14.3. The zero-order chi connectivity index (χ0) is 13.3. The van der Waals surface area contributed by atoms with Gasteiger partial charge in [0.15, 0.2) is 0 Å². The third kappa shape index (κ3) is 2.75. The first-order valence-corrected chi connectivity index (χ1v) is 7.92. The summed E-state index contributed by atoms with van der Waals surface area (Å²) in [5.41, 5.74) is 6.66. The highest BCUT2D eigenvalue weighted by Gasteiger charge is 2.42. The summed E-state index contributed by atoms with van der Waals surface area (Å²) < 4.78 is 0. The van der Waals surface area contributed by atoms with E-state index in [1.54, 1.807) is 0 Å². The van der Waals surface area contributed by atoms with Gasteiger partial charge in [0.2, 0.25) is 0 Å². The van der Waals surface area contributed by atoms with Crippen molar-refractivity contribution < 1.29 is 0 Å². The third-order valence-corrected chi connectivity index (χ3v) is 6.11. The van der Waals surface area contributed by atoms with E-state index >= 15 is 0 Å². The largest absolute Gasteiger partial charge is 0.327 e. The summed E-state index contributed by atoms with van der Waals surface area (Å²) in [6.07, 6.45) is 6.75. The fourth-order valence-electron chi connectivity index (χ4n) is 3.98. The average Bonchev–Trinajstić information content (AvgIpc) is 2.33. The maximum Gasteiger partial charge on any atom is 0.00698 e. The molecule has 0 radical (unpaired) electrons. The first-order valence-electron chi connectivity index (χ1n) is 7.92. The van der Waals surface area contributed by atoms with E-state index in [1.807, 2.05) is 0 Å². The number of nitrogens with zero attached hydrogens (tertiary/aromatic N) is 1. The molecule has 0 spiro atoms. The first-order chi connectivity index (χ1) is 8.43. The minimum absolute atomic E-state index is 0.398. The summed E-state index contributed by atoms with van der Waals surface area (Å²) in [5, 5.41) is 0. The predicted molar refractivity (Wildman–Crippen MR) is 78.5 cm³/mol. The van der Waals surface area contributed by atoms with Gasteiger partial charge in [-0.05, 0) is 56.4 Å². The SMILES string of the molecule is CC1CCCCN1CC1CCC(N)C(C)C1(C)C. The lowest BCUT2D eigenvalue weighted by atomic mass is 9.61. The molecule has 2 heteroatoms. The summed E-state index contributed by atoms with van der Waals surface area (Å²) in [6, 6.07) is 1.20. The molecular formula is C16H32N2. The van der Waals surface area contributed by atoms with Gasteiger partial charge in [0.05, 0.1) is 0 Å². The Kier molecular flexibility index (Phi) is 4.38. The summed E-state index contributed by atoms with van der Waals surface area (Å²) in [5.74, 6) is 1.48. The lowest BCUT2D eigenvalue weighted by Crippen LogP contribution is -2.51. The highest BCUT2D eigenvalue weighted by molar-refractivity contribution is 4.95. The molecule has 1 saturated carbocycles. The van der Waals surface area contributed by atoms with Crippen LogP contribution in [-0.4, -0.2) is 30.1 Å². The Hall–Kier alpha value is -0.0800. The molecule has 18 heavy (non-hydrogen) atoms. The van der Waals surface area contributed by atoms with Crippen molar-refractivity contribution in [3.63, 3.8) is 0 Å². The van der Waals surface area contributed by atoms with Crippen molar-refractivity contribution in [3.8, 4) is 0 Å². The third-order valence-electron chi connectivity index (χ3n) is 6.11. The van der Waals surface area contributed by atoms with Crippen molar-refractivity contribution >= 4 is 0 Å². The van der Waals surface area contributed by atoms with E-state index < -0.39 is 0 Å². The van der Waals surface area contributed by atoms with E-state index in [-0.39, 0.29) is 0 Å². The number of hydrogen-bond acceptors (Lipinski definition) is 2. The van der Waals surface area contributed by atoms with Crippen LogP contribution in [0.15, 0.2) is 0 Å². The molecule has 4 atom stereocenters. The van der Waals surface area contributed by atoms with E-state index in [9.17, 15) is 0 Å². The van der Waals surface area contributed by atoms with Gasteiger partial charge in [-0.15, -0.1) is 0 Å². The average molecular weight is 252 g/mol. The molecule has 0 aromatic rings. The minimum atomic E-state index is 0.398. The smallest absolute Gasteiger partial charge is 0.00698 e. The van der Waals surface area contributed by atoms with Crippen LogP contribution < -0.4 is 5.73 Å². The van der Waals surface area contributed by atoms with Crippen LogP contribution in [0.5, 0.6) is 0 Å². The zero-order valence-corrected chi connectivity index (χ0v) is 12.8. The highest BCUT2D eigenvalue weighted by Crippen LogP contribution is 2.45. The molecule has 0 aromatic heterocycles. The van der Waals surface area contributed by atoms with Crippen LogP contribution in [0, 0.1) is 17.3 Å². The Bertz CT molecular complexity index is 274. The molecule has 0 amide bonds. The van der Waals surface area contributed by atoms with Gasteiger partial charge < -0.3 is 10.6 Å². The Morgan fingerprint density at radius 3 is 2.50 bits per heavy atom. The molecule has 2 aliphatic rings. The fraction of sp³-hybridized carbons (Fsp3) is 1.00. The lowest BCUT2D eigenvalue weighted by molar-refractivity contribution is 0.0133. The summed E-state index contributed by atoms with van der Waals surface area (Å²) >= 11 is 0. The second-order valence-corrected chi connectivity index (χ2v) is 7.39. The molecule has 1 saturated heterocycles. The summed E-state index contributed by atoms with van der Waals surface area (Å²) in [7, 11) is 0. The Balaban J connectivity index is 1.99. The van der Waals surface area contributed by atoms with Crippen molar-refractivity contribution in [3.05, 3.63) is 0 Å². The Morgan fingerprint density at radius 2 is 1.83 bits per heavy atom. The van der Waals surface area contributed by atoms with Gasteiger partial charge in [-0.25, -0.2) is 0 Å². The standard InChI is InChI=1S/C16H32N2/c1-12-7-5-6-10-18(12)11-14-8-9-15(17)13(2)16(14,3)4/h12-15H,5-11,17H2,1-4H3. The molecule has 1 aliphatic carbocycles. The minimum Gasteiger partial charge on any atom is -0.327 e. The molecule has 2 nitrogen and oxygen atoms in total. The molecule has 1 aliphatic heterocycles. The molecule has 0 bridgehead atoms. The van der Waals surface area contributed by atoms with Gasteiger partial charge in [-0.1, -0.05) is 27.2 Å². The highest BCUT2D eigenvalue weighted by atomic mass is 15.2. The van der Waals surface area contributed by atoms with Crippen LogP contribution in [0.2, 0.25) is 0 Å². The lowest BCUT2D eigenvalue weighted by Gasteiger charge is -2.49. The number of nitrogens with two attached hydrogens (primary N) is 1.